The van der Waals surface area contributed by atoms with E-state index in [-0.39, 0.29) is 11.4 Å². The molecule has 1 heterocycles. The van der Waals surface area contributed by atoms with Crippen LogP contribution in [0.4, 0.5) is 0 Å². The van der Waals surface area contributed by atoms with Crippen LogP contribution in [0.15, 0.2) is 15.9 Å². The molecule has 0 atom stereocenters. The molecule has 0 aromatic carbocycles. The molecule has 18 heavy (non-hydrogen) atoms. The lowest BCUT2D eigenvalue weighted by molar-refractivity contribution is -0.154. The van der Waals surface area contributed by atoms with Crippen molar-refractivity contribution in [3.63, 3.8) is 0 Å². The zero-order valence-electron chi connectivity index (χ0n) is 11.7. The summed E-state index contributed by atoms with van der Waals surface area (Å²) in [7, 11) is 0. The van der Waals surface area contributed by atoms with Crippen LogP contribution in [-0.4, -0.2) is 12.6 Å². The Bertz CT molecular complexity index is 421. The Morgan fingerprint density at radius 1 is 1.33 bits per heavy atom. The first-order valence-corrected chi connectivity index (χ1v) is 7.73. The molecule has 1 aromatic rings. The fourth-order valence-electron chi connectivity index (χ4n) is 2.27. The minimum absolute atomic E-state index is 0.0348. The Morgan fingerprint density at radius 2 is 1.94 bits per heavy atom. The second kappa shape index (κ2) is 5.74. The maximum Gasteiger partial charge on any atom is 0.311 e. The number of hydrogen-bond acceptors (Lipinski definition) is 3. The van der Waals surface area contributed by atoms with E-state index in [2.05, 4.69) is 41.9 Å². The molecule has 0 fully saturated rings. The van der Waals surface area contributed by atoms with Gasteiger partial charge in [0.1, 0.15) is 0 Å². The van der Waals surface area contributed by atoms with Gasteiger partial charge in [-0.3, -0.25) is 4.79 Å². The molecule has 0 radical (unpaired) electrons. The predicted octanol–water partition coefficient (Wildman–Crippen LogP) is 4.77. The summed E-state index contributed by atoms with van der Waals surface area (Å²) in [5, 5.41) is 0. The molecule has 0 aliphatic rings. The van der Waals surface area contributed by atoms with Crippen molar-refractivity contribution in [3.05, 3.63) is 20.8 Å². The van der Waals surface area contributed by atoms with Gasteiger partial charge in [0.25, 0.3) is 0 Å². The summed E-state index contributed by atoms with van der Waals surface area (Å²) in [5.41, 5.74) is -0.497. The van der Waals surface area contributed by atoms with Crippen molar-refractivity contribution in [2.24, 2.45) is 5.41 Å². The maximum absolute atomic E-state index is 12.0. The molecule has 4 heteroatoms. The highest BCUT2D eigenvalue weighted by Crippen LogP contribution is 2.41. The van der Waals surface area contributed by atoms with Crippen LogP contribution in [-0.2, 0) is 14.9 Å². The average molecular weight is 333 g/mol. The molecule has 1 aromatic heterocycles. The highest BCUT2D eigenvalue weighted by molar-refractivity contribution is 9.11. The molecule has 0 N–H and O–H groups in total. The van der Waals surface area contributed by atoms with Crippen molar-refractivity contribution < 1.29 is 9.53 Å². The number of thiophene rings is 1. The second-order valence-electron chi connectivity index (χ2n) is 5.77. The Labute approximate surface area is 122 Å². The van der Waals surface area contributed by atoms with Crippen LogP contribution in [0, 0.1) is 5.41 Å². The fraction of sp³-hybridized carbons (Fsp3) is 0.643. The molecule has 0 unspecified atom stereocenters. The van der Waals surface area contributed by atoms with Gasteiger partial charge in [-0.2, -0.15) is 0 Å². The number of ether oxygens (including phenoxy) is 1. The Kier molecular flexibility index (Phi) is 5.01. The summed E-state index contributed by atoms with van der Waals surface area (Å²) in [4.78, 5) is 13.2. The van der Waals surface area contributed by atoms with E-state index in [4.69, 9.17) is 4.74 Å². The molecule has 102 valence electrons. The number of halogens is 1. The topological polar surface area (TPSA) is 26.3 Å². The maximum atomic E-state index is 12.0. The van der Waals surface area contributed by atoms with Crippen molar-refractivity contribution in [1.29, 1.82) is 0 Å². The quantitative estimate of drug-likeness (QED) is 0.726. The summed E-state index contributed by atoms with van der Waals surface area (Å²) < 4.78 is 6.27. The normalized spacial score (nSPS) is 12.6. The average Bonchev–Trinajstić information content (AvgIpc) is 2.64. The summed E-state index contributed by atoms with van der Waals surface area (Å²) in [6.07, 6.45) is 0.770. The first kappa shape index (κ1) is 15.7. The first-order chi connectivity index (χ1) is 8.19. The lowest BCUT2D eigenvalue weighted by Gasteiger charge is -2.32. The van der Waals surface area contributed by atoms with E-state index in [1.807, 2.05) is 20.8 Å². The molecular weight excluding hydrogens is 312 g/mol. The second-order valence-corrected chi connectivity index (χ2v) is 8.23. The van der Waals surface area contributed by atoms with Crippen LogP contribution in [0.1, 0.15) is 45.9 Å². The van der Waals surface area contributed by atoms with Crippen LogP contribution < -0.4 is 0 Å². The van der Waals surface area contributed by atoms with Crippen molar-refractivity contribution in [3.8, 4) is 0 Å². The molecule has 2 nitrogen and oxygen atoms in total. The van der Waals surface area contributed by atoms with Gasteiger partial charge in [-0.25, -0.2) is 0 Å². The molecule has 0 aliphatic carbocycles. The van der Waals surface area contributed by atoms with E-state index in [1.165, 1.54) is 4.88 Å². The summed E-state index contributed by atoms with van der Waals surface area (Å²) >= 11 is 5.21. The third-order valence-corrected chi connectivity index (χ3v) is 4.94. The van der Waals surface area contributed by atoms with Gasteiger partial charge >= 0.3 is 5.97 Å². The van der Waals surface area contributed by atoms with E-state index >= 15 is 0 Å². The van der Waals surface area contributed by atoms with Gasteiger partial charge in [0.15, 0.2) is 0 Å². The van der Waals surface area contributed by atoms with Gasteiger partial charge in [-0.1, -0.05) is 13.8 Å². The number of rotatable bonds is 5. The largest absolute Gasteiger partial charge is 0.466 e. The van der Waals surface area contributed by atoms with Gasteiger partial charge in [0.2, 0.25) is 0 Å². The van der Waals surface area contributed by atoms with Crippen molar-refractivity contribution in [1.82, 2.24) is 0 Å². The van der Waals surface area contributed by atoms with Crippen molar-refractivity contribution in [2.75, 3.05) is 6.61 Å². The number of carbonyl (C=O) groups excluding carboxylic acids is 1. The van der Waals surface area contributed by atoms with E-state index in [9.17, 15) is 4.79 Å². The minimum Gasteiger partial charge on any atom is -0.466 e. The first-order valence-electron chi connectivity index (χ1n) is 6.12. The van der Waals surface area contributed by atoms with Gasteiger partial charge in [-0.05, 0) is 55.3 Å². The monoisotopic (exact) mass is 332 g/mol. The third-order valence-electron chi connectivity index (χ3n) is 2.95. The molecule has 0 saturated heterocycles. The highest BCUT2D eigenvalue weighted by Gasteiger charge is 2.37. The third kappa shape index (κ3) is 3.82. The molecule has 0 aliphatic heterocycles. The van der Waals surface area contributed by atoms with E-state index < -0.39 is 5.41 Å². The molecule has 0 spiro atoms. The van der Waals surface area contributed by atoms with Crippen molar-refractivity contribution >= 4 is 33.2 Å². The Balaban J connectivity index is 2.85. The van der Waals surface area contributed by atoms with Gasteiger partial charge in [-0.15, -0.1) is 11.3 Å². The highest BCUT2D eigenvalue weighted by atomic mass is 79.9. The smallest absolute Gasteiger partial charge is 0.311 e. The van der Waals surface area contributed by atoms with Crippen LogP contribution in [0.25, 0.3) is 0 Å². The fourth-order valence-corrected chi connectivity index (χ4v) is 3.75. The zero-order chi connectivity index (χ0) is 14.0. The van der Waals surface area contributed by atoms with E-state index in [0.29, 0.717) is 6.61 Å². The molecule has 0 saturated carbocycles. The van der Waals surface area contributed by atoms with E-state index in [0.717, 1.165) is 10.2 Å². The van der Waals surface area contributed by atoms with Gasteiger partial charge in [0.05, 0.1) is 15.8 Å². The molecule has 0 bridgehead atoms. The molecular formula is C14H21BrO2S. The number of carbonyl (C=O) groups is 1. The summed E-state index contributed by atoms with van der Waals surface area (Å²) in [6.45, 7) is 10.5. The number of esters is 1. The van der Waals surface area contributed by atoms with E-state index in [1.54, 1.807) is 11.3 Å². The summed E-state index contributed by atoms with van der Waals surface area (Å²) in [5.74, 6) is -0.117. The SMILES string of the molecule is CCOC(=O)C(C)(C)CC(C)(C)c1ccc(Br)s1. The lowest BCUT2D eigenvalue weighted by atomic mass is 9.74. The van der Waals surface area contributed by atoms with Crippen molar-refractivity contribution in [2.45, 2.75) is 46.5 Å². The van der Waals surface area contributed by atoms with Crippen LogP contribution in [0.3, 0.4) is 0 Å². The van der Waals surface area contributed by atoms with Gasteiger partial charge < -0.3 is 4.74 Å². The zero-order valence-corrected chi connectivity index (χ0v) is 14.1. The molecule has 0 amide bonds. The van der Waals surface area contributed by atoms with Crippen LogP contribution in [0.2, 0.25) is 0 Å². The summed E-state index contributed by atoms with van der Waals surface area (Å²) in [6, 6.07) is 4.18. The standard InChI is InChI=1S/C14H21BrO2S/c1-6-17-12(16)14(4,5)9-13(2,3)10-7-8-11(15)18-10/h7-8H,6,9H2,1-5H3. The van der Waals surface area contributed by atoms with Crippen LogP contribution in [0.5, 0.6) is 0 Å². The van der Waals surface area contributed by atoms with Crippen LogP contribution >= 0.6 is 27.3 Å². The number of hydrogen-bond donors (Lipinski definition) is 0. The predicted molar refractivity (Wildman–Crippen MR) is 80.1 cm³/mol. The Morgan fingerprint density at radius 3 is 2.39 bits per heavy atom. The Hall–Kier alpha value is -0.350. The minimum atomic E-state index is -0.462. The molecule has 1 rings (SSSR count). The lowest BCUT2D eigenvalue weighted by Crippen LogP contribution is -2.33. The van der Waals surface area contributed by atoms with Gasteiger partial charge in [0, 0.05) is 10.3 Å².